The van der Waals surface area contributed by atoms with Crippen LogP contribution in [0.25, 0.3) is 23.0 Å². The Bertz CT molecular complexity index is 1010. The quantitative estimate of drug-likeness (QED) is 0.395. The highest BCUT2D eigenvalue weighted by molar-refractivity contribution is 5.98. The molecule has 6 heteroatoms. The van der Waals surface area contributed by atoms with Gasteiger partial charge in [-0.05, 0) is 42.5 Å². The Morgan fingerprint density at radius 3 is 2.41 bits per heavy atom. The van der Waals surface area contributed by atoms with Crippen molar-refractivity contribution in [3.05, 3.63) is 71.9 Å². The molecular weight excluding hydrogens is 342 g/mol. The minimum atomic E-state index is -0.689. The number of para-hydroxylation sites is 1. The van der Waals surface area contributed by atoms with E-state index in [0.29, 0.717) is 11.3 Å². The topological polar surface area (TPSA) is 77.1 Å². The molecule has 0 amide bonds. The maximum absolute atomic E-state index is 11.8. The van der Waals surface area contributed by atoms with E-state index in [4.69, 9.17) is 4.74 Å². The van der Waals surface area contributed by atoms with Crippen LogP contribution in [0.15, 0.2) is 66.4 Å². The molecule has 1 heterocycles. The Labute approximate surface area is 156 Å². The summed E-state index contributed by atoms with van der Waals surface area (Å²) >= 11 is 0. The van der Waals surface area contributed by atoms with Gasteiger partial charge < -0.3 is 9.47 Å². The fourth-order valence-corrected chi connectivity index (χ4v) is 2.58. The summed E-state index contributed by atoms with van der Waals surface area (Å²) in [6.07, 6.45) is 3.26. The molecule has 27 heavy (non-hydrogen) atoms. The van der Waals surface area contributed by atoms with Gasteiger partial charge in [-0.15, -0.1) is 0 Å². The van der Waals surface area contributed by atoms with Crippen LogP contribution < -0.4 is 4.74 Å². The van der Waals surface area contributed by atoms with E-state index in [1.807, 2.05) is 60.7 Å². The van der Waals surface area contributed by atoms with Crippen molar-refractivity contribution in [1.82, 2.24) is 9.78 Å². The number of methoxy groups -OCH3 is 2. The van der Waals surface area contributed by atoms with Crippen LogP contribution in [0.4, 0.5) is 0 Å². The lowest BCUT2D eigenvalue weighted by Crippen LogP contribution is -2.02. The smallest absolute Gasteiger partial charge is 0.348 e. The zero-order chi connectivity index (χ0) is 19.2. The highest BCUT2D eigenvalue weighted by Gasteiger charge is 2.15. The number of carbonyl (C=O) groups is 1. The van der Waals surface area contributed by atoms with Gasteiger partial charge in [0, 0.05) is 17.3 Å². The fraction of sp³-hybridized carbons (Fsp3) is 0.0952. The monoisotopic (exact) mass is 359 g/mol. The van der Waals surface area contributed by atoms with E-state index in [1.165, 1.54) is 13.2 Å². The Kier molecular flexibility index (Phi) is 5.33. The van der Waals surface area contributed by atoms with E-state index in [-0.39, 0.29) is 5.57 Å². The van der Waals surface area contributed by atoms with Crippen molar-refractivity contribution in [2.75, 3.05) is 14.2 Å². The van der Waals surface area contributed by atoms with Crippen molar-refractivity contribution in [2.45, 2.75) is 0 Å². The number of carbonyl (C=O) groups excluding carboxylic acids is 1. The van der Waals surface area contributed by atoms with Gasteiger partial charge in [-0.1, -0.05) is 18.2 Å². The van der Waals surface area contributed by atoms with E-state index in [0.717, 1.165) is 17.0 Å². The number of nitriles is 1. The van der Waals surface area contributed by atoms with Crippen LogP contribution in [-0.2, 0) is 9.53 Å². The molecule has 0 aliphatic carbocycles. The molecule has 2 aromatic carbocycles. The highest BCUT2D eigenvalue weighted by Crippen LogP contribution is 2.27. The van der Waals surface area contributed by atoms with Crippen molar-refractivity contribution < 1.29 is 14.3 Å². The first-order chi connectivity index (χ1) is 13.2. The summed E-state index contributed by atoms with van der Waals surface area (Å²) in [6, 6.07) is 18.9. The van der Waals surface area contributed by atoms with E-state index < -0.39 is 5.97 Å². The van der Waals surface area contributed by atoms with Gasteiger partial charge in [-0.25, -0.2) is 9.48 Å². The van der Waals surface area contributed by atoms with E-state index in [9.17, 15) is 10.1 Å². The van der Waals surface area contributed by atoms with Crippen LogP contribution in [0.1, 0.15) is 5.56 Å². The third kappa shape index (κ3) is 3.88. The van der Waals surface area contributed by atoms with Crippen LogP contribution in [0.5, 0.6) is 5.75 Å². The lowest BCUT2D eigenvalue weighted by Gasteiger charge is -2.03. The minimum absolute atomic E-state index is 0.0973. The summed E-state index contributed by atoms with van der Waals surface area (Å²) in [4.78, 5) is 11.8. The second kappa shape index (κ2) is 8.02. The summed E-state index contributed by atoms with van der Waals surface area (Å²) in [7, 11) is 2.84. The normalized spacial score (nSPS) is 10.9. The average Bonchev–Trinajstić information content (AvgIpc) is 3.16. The van der Waals surface area contributed by atoms with Crippen molar-refractivity contribution in [3.63, 3.8) is 0 Å². The first-order valence-electron chi connectivity index (χ1n) is 8.16. The number of aromatic nitrogens is 2. The zero-order valence-electron chi connectivity index (χ0n) is 14.9. The molecule has 0 saturated carbocycles. The molecule has 0 bridgehead atoms. The lowest BCUT2D eigenvalue weighted by molar-refractivity contribution is -0.135. The molecule has 0 unspecified atom stereocenters. The van der Waals surface area contributed by atoms with Gasteiger partial charge in [-0.3, -0.25) is 0 Å². The van der Waals surface area contributed by atoms with Gasteiger partial charge in [0.2, 0.25) is 0 Å². The van der Waals surface area contributed by atoms with Gasteiger partial charge in [0.1, 0.15) is 17.4 Å². The van der Waals surface area contributed by atoms with Gasteiger partial charge in [0.05, 0.1) is 25.6 Å². The zero-order valence-corrected chi connectivity index (χ0v) is 14.9. The summed E-state index contributed by atoms with van der Waals surface area (Å²) < 4.78 is 11.6. The number of ether oxygens (including phenoxy) is 2. The molecule has 0 saturated heterocycles. The molecule has 0 aliphatic heterocycles. The maximum Gasteiger partial charge on any atom is 0.348 e. The number of esters is 1. The van der Waals surface area contributed by atoms with Crippen molar-refractivity contribution in [1.29, 1.82) is 5.26 Å². The lowest BCUT2D eigenvalue weighted by atomic mass is 10.1. The standard InChI is InChI=1S/C21H17N3O3/c1-26-19-10-8-15(9-11-19)20-17(12-16(13-22)21(25)27-2)14-24(23-20)18-6-4-3-5-7-18/h3-12,14H,1-2H3/b16-12-. The number of nitrogens with zero attached hydrogens (tertiary/aromatic N) is 3. The summed E-state index contributed by atoms with van der Waals surface area (Å²) in [5.41, 5.74) is 2.87. The molecule has 3 aromatic rings. The van der Waals surface area contributed by atoms with E-state index in [1.54, 1.807) is 18.0 Å². The van der Waals surface area contributed by atoms with Gasteiger partial charge in [0.25, 0.3) is 0 Å². The summed E-state index contributed by atoms with van der Waals surface area (Å²) in [5.74, 6) is 0.0382. The van der Waals surface area contributed by atoms with Crippen LogP contribution >= 0.6 is 0 Å². The summed E-state index contributed by atoms with van der Waals surface area (Å²) in [6.45, 7) is 0. The number of hydrogen-bond donors (Lipinski definition) is 0. The predicted molar refractivity (Wildman–Crippen MR) is 101 cm³/mol. The molecule has 0 fully saturated rings. The summed E-state index contributed by atoms with van der Waals surface area (Å²) in [5, 5.41) is 13.9. The van der Waals surface area contributed by atoms with Crippen molar-refractivity contribution in [3.8, 4) is 28.8 Å². The minimum Gasteiger partial charge on any atom is -0.497 e. The van der Waals surface area contributed by atoms with E-state index in [2.05, 4.69) is 9.84 Å². The second-order valence-electron chi connectivity index (χ2n) is 5.60. The largest absolute Gasteiger partial charge is 0.497 e. The number of benzene rings is 2. The molecular formula is C21H17N3O3. The third-order valence-corrected chi connectivity index (χ3v) is 3.95. The van der Waals surface area contributed by atoms with Crippen molar-refractivity contribution >= 4 is 12.0 Å². The van der Waals surface area contributed by atoms with Gasteiger partial charge >= 0.3 is 5.97 Å². The van der Waals surface area contributed by atoms with Crippen LogP contribution in [-0.4, -0.2) is 30.0 Å². The molecule has 134 valence electrons. The number of hydrogen-bond acceptors (Lipinski definition) is 5. The number of rotatable bonds is 5. The molecule has 1 aromatic heterocycles. The second-order valence-corrected chi connectivity index (χ2v) is 5.60. The fourth-order valence-electron chi connectivity index (χ4n) is 2.58. The molecule has 0 N–H and O–H groups in total. The Hall–Kier alpha value is -3.85. The molecule has 0 spiro atoms. The molecule has 3 rings (SSSR count). The van der Waals surface area contributed by atoms with Crippen LogP contribution in [0.2, 0.25) is 0 Å². The molecule has 6 nitrogen and oxygen atoms in total. The SMILES string of the molecule is COC(=O)/C(C#N)=C\c1cn(-c2ccccc2)nc1-c1ccc(OC)cc1. The van der Waals surface area contributed by atoms with Crippen molar-refractivity contribution in [2.24, 2.45) is 0 Å². The van der Waals surface area contributed by atoms with Crippen LogP contribution in [0.3, 0.4) is 0 Å². The Morgan fingerprint density at radius 2 is 1.81 bits per heavy atom. The van der Waals surface area contributed by atoms with Crippen LogP contribution in [0, 0.1) is 11.3 Å². The molecule has 0 radical (unpaired) electrons. The van der Waals surface area contributed by atoms with E-state index >= 15 is 0 Å². The Balaban J connectivity index is 2.14. The molecule has 0 atom stereocenters. The molecule has 0 aliphatic rings. The highest BCUT2D eigenvalue weighted by atomic mass is 16.5. The first-order valence-corrected chi connectivity index (χ1v) is 8.16. The average molecular weight is 359 g/mol. The predicted octanol–water partition coefficient (Wildman–Crippen LogP) is 3.63. The van der Waals surface area contributed by atoms with Gasteiger partial charge in [-0.2, -0.15) is 10.4 Å². The first kappa shape index (κ1) is 18.0. The van der Waals surface area contributed by atoms with Gasteiger partial charge in [0.15, 0.2) is 0 Å². The Morgan fingerprint density at radius 1 is 1.11 bits per heavy atom. The third-order valence-electron chi connectivity index (χ3n) is 3.95. The maximum atomic E-state index is 11.8.